The van der Waals surface area contributed by atoms with E-state index < -0.39 is 14.3 Å². The maximum atomic E-state index is 14.1. The monoisotopic (exact) mass is 571 g/mol. The Labute approximate surface area is 234 Å². The largest absolute Gasteiger partial charge is 0.493 e. The van der Waals surface area contributed by atoms with E-state index in [1.54, 1.807) is 11.0 Å². The number of carboxylic acid groups (broad SMARTS) is 1. The zero-order valence-corrected chi connectivity index (χ0v) is 25.3. The predicted molar refractivity (Wildman–Crippen MR) is 157 cm³/mol. The molecule has 6 nitrogen and oxygen atoms in total. The fourth-order valence-electron chi connectivity index (χ4n) is 4.19. The van der Waals surface area contributed by atoms with E-state index in [0.29, 0.717) is 36.7 Å². The number of fused-ring (bicyclic) bond motifs is 3. The van der Waals surface area contributed by atoms with E-state index in [4.69, 9.17) is 20.8 Å². The number of ether oxygens (including phenoxy) is 1. The van der Waals surface area contributed by atoms with Crippen LogP contribution in [0.3, 0.4) is 0 Å². The molecule has 0 aliphatic carbocycles. The number of nitrogens with zero attached hydrogens (tertiary/aromatic N) is 1. The van der Waals surface area contributed by atoms with Gasteiger partial charge in [-0.05, 0) is 66.5 Å². The fraction of sp³-hybridized carbons (Fsp3) is 0.379. The van der Waals surface area contributed by atoms with Gasteiger partial charge in [-0.25, -0.2) is 4.79 Å². The molecule has 0 atom stereocenters. The van der Waals surface area contributed by atoms with Gasteiger partial charge in [-0.2, -0.15) is 0 Å². The van der Waals surface area contributed by atoms with Gasteiger partial charge in [-0.1, -0.05) is 44.5 Å². The molecule has 0 bridgehead atoms. The van der Waals surface area contributed by atoms with Crippen molar-refractivity contribution in [3.05, 3.63) is 69.1 Å². The summed E-state index contributed by atoms with van der Waals surface area (Å²) in [6.07, 6.45) is 0.704. The van der Waals surface area contributed by atoms with E-state index in [0.717, 1.165) is 27.3 Å². The molecule has 1 N–H and O–H groups in total. The van der Waals surface area contributed by atoms with Gasteiger partial charge < -0.3 is 19.2 Å². The molecule has 202 valence electrons. The molecule has 1 aromatic heterocycles. The molecule has 38 heavy (non-hydrogen) atoms. The van der Waals surface area contributed by atoms with Crippen LogP contribution in [0.2, 0.25) is 23.2 Å². The number of thiophene rings is 1. The molecule has 2 heterocycles. The average Bonchev–Trinajstić information content (AvgIpc) is 3.16. The Hall–Kier alpha value is -2.65. The third-order valence-corrected chi connectivity index (χ3v) is 13.4. The maximum Gasteiger partial charge on any atom is 0.335 e. The number of amides is 1. The highest BCUT2D eigenvalue weighted by atomic mass is 35.5. The molecule has 0 saturated carbocycles. The number of benzene rings is 2. The fourth-order valence-corrected chi connectivity index (χ4v) is 6.78. The number of carbonyl (C=O) groups excluding carboxylic acids is 1. The summed E-state index contributed by atoms with van der Waals surface area (Å²) >= 11 is 8.00. The molecular weight excluding hydrogens is 538 g/mol. The van der Waals surface area contributed by atoms with E-state index in [-0.39, 0.29) is 21.5 Å². The number of halogens is 1. The van der Waals surface area contributed by atoms with Gasteiger partial charge >= 0.3 is 5.97 Å². The number of hydrogen-bond acceptors (Lipinski definition) is 5. The predicted octanol–water partition coefficient (Wildman–Crippen LogP) is 7.68. The van der Waals surface area contributed by atoms with E-state index in [1.165, 1.54) is 23.5 Å². The van der Waals surface area contributed by atoms with Crippen LogP contribution in [0.1, 0.15) is 51.9 Å². The number of hydrogen-bond donors (Lipinski definition) is 1. The Morgan fingerprint density at radius 1 is 1.18 bits per heavy atom. The van der Waals surface area contributed by atoms with Crippen LogP contribution >= 0.6 is 22.9 Å². The standard InChI is InChI=1S/C29H34ClNO5SSi/c1-18-8-7-9-23-25(18)26-19(12-14-35-23)17-24(37-26)27(32)31(13-15-36-38(5,6)29(2,3)4)22-11-10-20(28(33)34)16-21(22)30/h7-11,16-17H,12-15H2,1-6H3,(H,33,34). The highest BCUT2D eigenvalue weighted by Crippen LogP contribution is 2.43. The first-order valence-corrected chi connectivity index (χ1v) is 16.7. The zero-order chi connectivity index (χ0) is 27.8. The lowest BCUT2D eigenvalue weighted by Crippen LogP contribution is -2.43. The molecule has 0 saturated heterocycles. The highest BCUT2D eigenvalue weighted by Gasteiger charge is 2.37. The lowest BCUT2D eigenvalue weighted by molar-refractivity contribution is 0.0696. The Morgan fingerprint density at radius 2 is 1.92 bits per heavy atom. The second kappa shape index (κ2) is 10.8. The van der Waals surface area contributed by atoms with Crippen LogP contribution in [-0.4, -0.2) is 45.1 Å². The Kier molecular flexibility index (Phi) is 8.09. The van der Waals surface area contributed by atoms with E-state index in [1.807, 2.05) is 31.2 Å². The van der Waals surface area contributed by atoms with Crippen LogP contribution in [0.5, 0.6) is 5.75 Å². The summed E-state index contributed by atoms with van der Waals surface area (Å²) in [4.78, 5) is 28.8. The van der Waals surface area contributed by atoms with Crippen LogP contribution in [-0.2, 0) is 10.8 Å². The van der Waals surface area contributed by atoms with Crippen molar-refractivity contribution in [2.75, 3.05) is 24.7 Å². The summed E-state index contributed by atoms with van der Waals surface area (Å²) in [5.41, 5.74) is 3.73. The van der Waals surface area contributed by atoms with Crippen molar-refractivity contribution >= 4 is 48.8 Å². The van der Waals surface area contributed by atoms with Gasteiger partial charge in [0.05, 0.1) is 34.4 Å². The second-order valence-corrected chi connectivity index (χ2v) is 17.3. The molecule has 1 aliphatic rings. The van der Waals surface area contributed by atoms with Crippen molar-refractivity contribution in [2.45, 2.75) is 52.2 Å². The summed E-state index contributed by atoms with van der Waals surface area (Å²) < 4.78 is 12.4. The van der Waals surface area contributed by atoms with Crippen LogP contribution in [0.25, 0.3) is 10.4 Å². The molecule has 9 heteroatoms. The lowest BCUT2D eigenvalue weighted by atomic mass is 10.0. The molecule has 0 spiro atoms. The van der Waals surface area contributed by atoms with Gasteiger partial charge in [0.25, 0.3) is 5.91 Å². The van der Waals surface area contributed by atoms with Crippen molar-refractivity contribution in [3.63, 3.8) is 0 Å². The van der Waals surface area contributed by atoms with Gasteiger partial charge in [-0.3, -0.25) is 4.79 Å². The number of anilines is 1. The van der Waals surface area contributed by atoms with E-state index in [9.17, 15) is 14.7 Å². The molecule has 1 amide bonds. The zero-order valence-electron chi connectivity index (χ0n) is 22.7. The second-order valence-electron chi connectivity index (χ2n) is 11.0. The molecule has 0 radical (unpaired) electrons. The van der Waals surface area contributed by atoms with Crippen molar-refractivity contribution in [2.24, 2.45) is 0 Å². The van der Waals surface area contributed by atoms with E-state index >= 15 is 0 Å². The highest BCUT2D eigenvalue weighted by molar-refractivity contribution is 7.17. The van der Waals surface area contributed by atoms with Crippen molar-refractivity contribution in [1.29, 1.82) is 0 Å². The van der Waals surface area contributed by atoms with Gasteiger partial charge in [0, 0.05) is 23.4 Å². The van der Waals surface area contributed by atoms with Crippen molar-refractivity contribution in [3.8, 4) is 16.2 Å². The number of aromatic carboxylic acids is 1. The first-order chi connectivity index (χ1) is 17.8. The Bertz CT molecular complexity index is 1380. The summed E-state index contributed by atoms with van der Waals surface area (Å²) in [5, 5.41) is 9.62. The van der Waals surface area contributed by atoms with Crippen LogP contribution in [0.15, 0.2) is 42.5 Å². The molecule has 2 aromatic carbocycles. The summed E-state index contributed by atoms with van der Waals surface area (Å²) in [7, 11) is -2.04. The molecule has 0 unspecified atom stereocenters. The molecule has 1 aliphatic heterocycles. The van der Waals surface area contributed by atoms with Crippen LogP contribution in [0, 0.1) is 6.92 Å². The minimum absolute atomic E-state index is 0.0290. The summed E-state index contributed by atoms with van der Waals surface area (Å²) in [6, 6.07) is 12.4. The maximum absolute atomic E-state index is 14.1. The summed E-state index contributed by atoms with van der Waals surface area (Å²) in [6.45, 7) is 14.1. The Morgan fingerprint density at radius 3 is 2.58 bits per heavy atom. The lowest BCUT2D eigenvalue weighted by Gasteiger charge is -2.37. The van der Waals surface area contributed by atoms with Crippen LogP contribution < -0.4 is 9.64 Å². The third kappa shape index (κ3) is 5.68. The number of aryl methyl sites for hydroxylation is 1. The first kappa shape index (κ1) is 28.4. The van der Waals surface area contributed by atoms with Crippen molar-refractivity contribution in [1.82, 2.24) is 0 Å². The summed E-state index contributed by atoms with van der Waals surface area (Å²) in [5.74, 6) is -0.435. The Balaban J connectivity index is 1.71. The number of carboxylic acids is 1. The number of rotatable bonds is 7. The van der Waals surface area contributed by atoms with Gasteiger partial charge in [0.1, 0.15) is 5.75 Å². The van der Waals surface area contributed by atoms with E-state index in [2.05, 4.69) is 33.9 Å². The SMILES string of the molecule is Cc1cccc2c1-c1sc(C(=O)N(CCO[Si](C)(C)C(C)(C)C)c3ccc(C(=O)O)cc3Cl)cc1CCO2. The molecule has 4 rings (SSSR count). The first-order valence-electron chi connectivity index (χ1n) is 12.6. The third-order valence-electron chi connectivity index (χ3n) is 7.42. The van der Waals surface area contributed by atoms with Gasteiger partial charge in [0.2, 0.25) is 0 Å². The van der Waals surface area contributed by atoms with Crippen molar-refractivity contribution < 1.29 is 23.9 Å². The molecule has 0 fully saturated rings. The smallest absolute Gasteiger partial charge is 0.335 e. The topological polar surface area (TPSA) is 76.1 Å². The number of carbonyl (C=O) groups is 2. The minimum Gasteiger partial charge on any atom is -0.493 e. The molecule has 3 aromatic rings. The van der Waals surface area contributed by atoms with Gasteiger partial charge in [0.15, 0.2) is 8.32 Å². The normalized spacial score (nSPS) is 13.2. The van der Waals surface area contributed by atoms with Gasteiger partial charge in [-0.15, -0.1) is 11.3 Å². The molecular formula is C29H34ClNO5SSi. The average molecular weight is 572 g/mol. The minimum atomic E-state index is -2.04. The van der Waals surface area contributed by atoms with Crippen LogP contribution in [0.4, 0.5) is 5.69 Å². The quantitative estimate of drug-likeness (QED) is 0.294.